The van der Waals surface area contributed by atoms with E-state index in [1.807, 2.05) is 6.92 Å². The maximum atomic E-state index is 14.0. The lowest BCUT2D eigenvalue weighted by atomic mass is 9.90. The van der Waals surface area contributed by atoms with Crippen LogP contribution < -0.4 is 20.7 Å². The zero-order chi connectivity index (χ0) is 46.8. The van der Waals surface area contributed by atoms with Gasteiger partial charge in [-0.2, -0.15) is 5.06 Å². The van der Waals surface area contributed by atoms with Gasteiger partial charge >= 0.3 is 17.9 Å². The van der Waals surface area contributed by atoms with Crippen molar-refractivity contribution < 1.29 is 61.8 Å². The van der Waals surface area contributed by atoms with E-state index in [0.717, 1.165) is 24.0 Å². The van der Waals surface area contributed by atoms with Gasteiger partial charge in [0.25, 0.3) is 11.8 Å². The molecule has 0 saturated carbocycles. The molecule has 0 spiro atoms. The van der Waals surface area contributed by atoms with E-state index in [-0.39, 0.29) is 60.6 Å². The van der Waals surface area contributed by atoms with Crippen molar-refractivity contribution in [1.29, 1.82) is 0 Å². The molecule has 4 aromatic rings. The van der Waals surface area contributed by atoms with Gasteiger partial charge in [0.05, 0.1) is 42.8 Å². The fraction of sp³-hybridized carbons (Fsp3) is 0.383. The molecule has 4 rings (SSSR count). The molecule has 1 heterocycles. The Morgan fingerprint density at radius 2 is 1.61 bits per heavy atom. The molecule has 0 bridgehead atoms. The second-order valence-corrected chi connectivity index (χ2v) is 15.1. The molecular weight excluding hydrogens is 832 g/mol. The molecule has 0 aliphatic rings. The summed E-state index contributed by atoms with van der Waals surface area (Å²) in [5.74, 6) is -6.47. The number of carbonyl (C=O) groups excluding carboxylic acids is 6. The number of carboxylic acid groups (broad SMARTS) is 1. The van der Waals surface area contributed by atoms with Crippen molar-refractivity contribution in [2.75, 3.05) is 13.3 Å². The summed E-state index contributed by atoms with van der Waals surface area (Å²) < 4.78 is 30.8. The number of aliphatic carboxylic acids is 1. The van der Waals surface area contributed by atoms with Crippen LogP contribution >= 0.6 is 0 Å². The maximum absolute atomic E-state index is 14.0. The van der Waals surface area contributed by atoms with E-state index in [1.54, 1.807) is 58.0 Å². The highest BCUT2D eigenvalue weighted by Gasteiger charge is 2.34. The molecule has 1 aromatic heterocycles. The Labute approximate surface area is 370 Å². The minimum absolute atomic E-state index is 0.00186. The van der Waals surface area contributed by atoms with Gasteiger partial charge in [0, 0.05) is 5.56 Å². The number of nitrogens with zero attached hydrogens (tertiary/aromatic N) is 1. The number of ether oxygens (including phenoxy) is 2. The predicted molar refractivity (Wildman–Crippen MR) is 231 cm³/mol. The number of nitrogens with one attached hydrogen (secondary N) is 3. The van der Waals surface area contributed by atoms with Crippen molar-refractivity contribution in [3.63, 3.8) is 0 Å². The quantitative estimate of drug-likeness (QED) is 0.0175. The number of hydroxylamine groups is 2. The second-order valence-electron chi connectivity index (χ2n) is 15.1. The smallest absolute Gasteiger partial charge is 0.363 e. The average Bonchev–Trinajstić information content (AvgIpc) is 3.78. The van der Waals surface area contributed by atoms with Crippen molar-refractivity contribution in [3.05, 3.63) is 113 Å². The van der Waals surface area contributed by atoms with Crippen molar-refractivity contribution in [3.8, 4) is 17.1 Å². The van der Waals surface area contributed by atoms with Crippen LogP contribution in [0.4, 0.5) is 4.39 Å². The molecule has 0 unspecified atom stereocenters. The first kappa shape index (κ1) is 49.6. The van der Waals surface area contributed by atoms with Crippen molar-refractivity contribution in [1.82, 2.24) is 21.0 Å². The summed E-state index contributed by atoms with van der Waals surface area (Å²) in [6.07, 6.45) is 2.49. The highest BCUT2D eigenvalue weighted by molar-refractivity contribution is 6.00. The molecule has 16 nitrogen and oxygen atoms in total. The molecular formula is C47H55FN4O12. The topological polar surface area (TPSA) is 220 Å². The number of carboxylic acids is 1. The number of hydrogen-bond donors (Lipinski definition) is 4. The van der Waals surface area contributed by atoms with Crippen LogP contribution in [0.25, 0.3) is 11.3 Å². The number of amides is 4. The van der Waals surface area contributed by atoms with Gasteiger partial charge < -0.3 is 39.8 Å². The van der Waals surface area contributed by atoms with E-state index in [9.17, 15) is 43.1 Å². The van der Waals surface area contributed by atoms with Gasteiger partial charge in [0.2, 0.25) is 12.3 Å². The third kappa shape index (κ3) is 14.0. The molecule has 64 heavy (non-hydrogen) atoms. The standard InChI is InChI=1S/C47H55FN4O12/c1-6-9-11-16-34(38(7-2)52(28-53)64-46(59)33-20-18-32(48)24-36(33)29(4)5)43(56)49-27-50-45(58)40-22-21-39(63-40)31-17-19-35(41(23-31)61-8-3)44(57)51-37(25-42(54)55)47(60)62-26-30-14-12-10-13-15-30/h10,12-15,17-24,28-29,34,37-38H,6-9,11,16,25-27H2,1-5H3,(H,49,56)(H,50,58)(H,51,57)(H,54,55)/t34-,37+,38-/m1/s1. The largest absolute Gasteiger partial charge is 0.493 e. The minimum atomic E-state index is -1.50. The molecule has 3 atom stereocenters. The van der Waals surface area contributed by atoms with E-state index in [0.29, 0.717) is 35.9 Å². The van der Waals surface area contributed by atoms with Crippen LogP contribution in [-0.2, 0) is 35.4 Å². The number of rotatable bonds is 25. The maximum Gasteiger partial charge on any atom is 0.363 e. The number of benzene rings is 3. The van der Waals surface area contributed by atoms with Crippen LogP contribution in [0, 0.1) is 11.7 Å². The zero-order valence-electron chi connectivity index (χ0n) is 36.5. The first-order chi connectivity index (χ1) is 30.7. The highest BCUT2D eigenvalue weighted by Crippen LogP contribution is 2.30. The Kier molecular flexibility index (Phi) is 19.0. The van der Waals surface area contributed by atoms with Gasteiger partial charge in [-0.15, -0.1) is 0 Å². The molecule has 0 aliphatic heterocycles. The third-order valence-electron chi connectivity index (χ3n) is 10.2. The Bertz CT molecular complexity index is 2250. The summed E-state index contributed by atoms with van der Waals surface area (Å²) in [6, 6.07) is 17.4. The summed E-state index contributed by atoms with van der Waals surface area (Å²) in [5, 5.41) is 18.0. The molecule has 4 amide bonds. The Morgan fingerprint density at radius 1 is 0.875 bits per heavy atom. The average molecular weight is 887 g/mol. The number of unbranched alkanes of at least 4 members (excludes halogenated alkanes) is 2. The lowest BCUT2D eigenvalue weighted by Gasteiger charge is -2.32. The summed E-state index contributed by atoms with van der Waals surface area (Å²) in [5.41, 5.74) is 1.58. The summed E-state index contributed by atoms with van der Waals surface area (Å²) in [6.45, 7) is 8.72. The van der Waals surface area contributed by atoms with Crippen molar-refractivity contribution >= 4 is 42.0 Å². The van der Waals surface area contributed by atoms with Crippen LogP contribution in [0.2, 0.25) is 0 Å². The molecule has 342 valence electrons. The molecule has 17 heteroatoms. The van der Waals surface area contributed by atoms with Gasteiger partial charge in [-0.05, 0) is 79.3 Å². The molecule has 0 aliphatic carbocycles. The van der Waals surface area contributed by atoms with Crippen LogP contribution in [0.5, 0.6) is 5.75 Å². The minimum Gasteiger partial charge on any atom is -0.493 e. The van der Waals surface area contributed by atoms with E-state index < -0.39 is 65.9 Å². The van der Waals surface area contributed by atoms with E-state index in [2.05, 4.69) is 16.0 Å². The SMILES string of the molecule is CCCCC[C@@H](C(=O)NCNC(=O)c1ccc(-c2ccc(C(=O)N[C@@H](CC(=O)O)C(=O)OCc3ccccc3)c(OCC)c2)o1)[C@@H](CC)N(C=O)OC(=O)c1ccc(F)cc1C(C)C. The normalized spacial score (nSPS) is 12.3. The molecule has 3 aromatic carbocycles. The molecule has 0 radical (unpaired) electrons. The summed E-state index contributed by atoms with van der Waals surface area (Å²) in [7, 11) is 0. The number of halogens is 1. The fourth-order valence-electron chi connectivity index (χ4n) is 6.88. The Balaban J connectivity index is 1.42. The van der Waals surface area contributed by atoms with Gasteiger partial charge in [-0.3, -0.25) is 24.0 Å². The van der Waals surface area contributed by atoms with E-state index in [4.69, 9.17) is 18.7 Å². The van der Waals surface area contributed by atoms with Crippen LogP contribution in [-0.4, -0.2) is 77.6 Å². The first-order valence-corrected chi connectivity index (χ1v) is 21.1. The third-order valence-corrected chi connectivity index (χ3v) is 10.2. The first-order valence-electron chi connectivity index (χ1n) is 21.1. The Hall–Kier alpha value is -7.04. The van der Waals surface area contributed by atoms with E-state index in [1.165, 1.54) is 42.5 Å². The van der Waals surface area contributed by atoms with Crippen molar-refractivity contribution in [2.24, 2.45) is 5.92 Å². The van der Waals surface area contributed by atoms with Gasteiger partial charge in [-0.1, -0.05) is 83.4 Å². The van der Waals surface area contributed by atoms with E-state index >= 15 is 0 Å². The van der Waals surface area contributed by atoms with Gasteiger partial charge in [0.1, 0.15) is 30.0 Å². The second kappa shape index (κ2) is 24.6. The zero-order valence-corrected chi connectivity index (χ0v) is 36.5. The van der Waals surface area contributed by atoms with Gasteiger partial charge in [0.15, 0.2) is 5.76 Å². The van der Waals surface area contributed by atoms with Crippen molar-refractivity contribution in [2.45, 2.75) is 97.8 Å². The monoisotopic (exact) mass is 886 g/mol. The summed E-state index contributed by atoms with van der Waals surface area (Å²) in [4.78, 5) is 95.8. The molecule has 4 N–H and O–H groups in total. The summed E-state index contributed by atoms with van der Waals surface area (Å²) >= 11 is 0. The number of hydrogen-bond acceptors (Lipinski definition) is 11. The van der Waals surface area contributed by atoms with Crippen LogP contribution in [0.15, 0.2) is 83.3 Å². The van der Waals surface area contributed by atoms with Gasteiger partial charge in [-0.25, -0.2) is 14.0 Å². The molecule has 0 fully saturated rings. The fourth-order valence-corrected chi connectivity index (χ4v) is 6.88. The van der Waals surface area contributed by atoms with Crippen LogP contribution in [0.1, 0.15) is 121 Å². The Morgan fingerprint density at radius 3 is 2.27 bits per heavy atom. The lowest BCUT2D eigenvalue weighted by Crippen LogP contribution is -2.49. The number of furan rings is 1. The predicted octanol–water partition coefficient (Wildman–Crippen LogP) is 6.93. The number of carbonyl (C=O) groups is 7. The highest BCUT2D eigenvalue weighted by atomic mass is 19.1. The van der Waals surface area contributed by atoms with Crippen LogP contribution in [0.3, 0.4) is 0 Å². The molecule has 0 saturated heterocycles. The number of esters is 1. The lowest BCUT2D eigenvalue weighted by molar-refractivity contribution is -0.171.